The second kappa shape index (κ2) is 7.73. The number of aryl methyl sites for hydroxylation is 1. The maximum absolute atomic E-state index is 4.15. The van der Waals surface area contributed by atoms with Crippen LogP contribution in [-0.4, -0.2) is 35.9 Å². The summed E-state index contributed by atoms with van der Waals surface area (Å²) in [5.41, 5.74) is 0. The van der Waals surface area contributed by atoms with Crippen molar-refractivity contribution in [3.63, 3.8) is 0 Å². The van der Waals surface area contributed by atoms with E-state index in [2.05, 4.69) is 27.6 Å². The van der Waals surface area contributed by atoms with Gasteiger partial charge in [0, 0.05) is 39.1 Å². The zero-order valence-electron chi connectivity index (χ0n) is 10.1. The third-order valence-corrected chi connectivity index (χ3v) is 2.18. The highest BCUT2D eigenvalue weighted by molar-refractivity contribution is 5.79. The molecule has 90 valence electrons. The van der Waals surface area contributed by atoms with Gasteiger partial charge in [-0.15, -0.1) is 0 Å². The Morgan fingerprint density at radius 2 is 2.19 bits per heavy atom. The van der Waals surface area contributed by atoms with Crippen molar-refractivity contribution in [2.75, 3.05) is 20.1 Å². The van der Waals surface area contributed by atoms with Crippen LogP contribution in [-0.2, 0) is 6.54 Å². The van der Waals surface area contributed by atoms with Gasteiger partial charge in [-0.3, -0.25) is 9.67 Å². The third kappa shape index (κ3) is 4.82. The van der Waals surface area contributed by atoms with Gasteiger partial charge in [0.2, 0.25) is 0 Å². The molecule has 16 heavy (non-hydrogen) atoms. The summed E-state index contributed by atoms with van der Waals surface area (Å²) in [6.45, 7) is 4.94. The van der Waals surface area contributed by atoms with E-state index < -0.39 is 0 Å². The molecule has 1 rings (SSSR count). The van der Waals surface area contributed by atoms with Crippen molar-refractivity contribution in [3.05, 3.63) is 18.5 Å². The number of aliphatic imine (C=N–C) groups is 1. The predicted molar refractivity (Wildman–Crippen MR) is 66.5 cm³/mol. The first-order valence-electron chi connectivity index (χ1n) is 5.78. The lowest BCUT2D eigenvalue weighted by Crippen LogP contribution is -2.38. The van der Waals surface area contributed by atoms with Crippen molar-refractivity contribution in [3.8, 4) is 0 Å². The lowest BCUT2D eigenvalue weighted by atomic mass is 10.4. The zero-order valence-corrected chi connectivity index (χ0v) is 10.1. The van der Waals surface area contributed by atoms with E-state index >= 15 is 0 Å². The maximum atomic E-state index is 4.15. The molecule has 1 heterocycles. The van der Waals surface area contributed by atoms with E-state index in [0.717, 1.165) is 38.4 Å². The summed E-state index contributed by atoms with van der Waals surface area (Å²) in [6.07, 6.45) is 5.92. The molecule has 0 aliphatic rings. The number of guanidine groups is 1. The Morgan fingerprint density at radius 1 is 1.38 bits per heavy atom. The molecule has 0 radical (unpaired) electrons. The lowest BCUT2D eigenvalue weighted by molar-refractivity contribution is 0.570. The Labute approximate surface area is 97.0 Å². The molecular weight excluding hydrogens is 202 g/mol. The van der Waals surface area contributed by atoms with Crippen molar-refractivity contribution in [2.24, 2.45) is 4.99 Å². The number of rotatable bonds is 6. The smallest absolute Gasteiger partial charge is 0.190 e. The first-order chi connectivity index (χ1) is 7.86. The molecule has 0 fully saturated rings. The van der Waals surface area contributed by atoms with Crippen LogP contribution >= 0.6 is 0 Å². The van der Waals surface area contributed by atoms with Crippen molar-refractivity contribution in [1.82, 2.24) is 20.4 Å². The molecule has 0 aliphatic carbocycles. The summed E-state index contributed by atoms with van der Waals surface area (Å²) in [7, 11) is 1.79. The molecule has 5 heteroatoms. The molecule has 2 N–H and O–H groups in total. The molecule has 1 aromatic heterocycles. The van der Waals surface area contributed by atoms with E-state index in [-0.39, 0.29) is 0 Å². The molecule has 0 bridgehead atoms. The van der Waals surface area contributed by atoms with Gasteiger partial charge >= 0.3 is 0 Å². The molecule has 0 spiro atoms. The fourth-order valence-electron chi connectivity index (χ4n) is 1.34. The molecule has 0 saturated carbocycles. The summed E-state index contributed by atoms with van der Waals surface area (Å²) in [6, 6.07) is 1.94. The Kier molecular flexibility index (Phi) is 6.06. The van der Waals surface area contributed by atoms with Crippen LogP contribution in [0.3, 0.4) is 0 Å². The van der Waals surface area contributed by atoms with Gasteiger partial charge < -0.3 is 10.6 Å². The van der Waals surface area contributed by atoms with Crippen molar-refractivity contribution < 1.29 is 0 Å². The van der Waals surface area contributed by atoms with E-state index in [9.17, 15) is 0 Å². The molecule has 1 aromatic rings. The SMILES string of the molecule is CCCNC(=NC)NCCCn1cccn1. The average molecular weight is 223 g/mol. The zero-order chi connectivity index (χ0) is 11.6. The third-order valence-electron chi connectivity index (χ3n) is 2.18. The molecule has 0 saturated heterocycles. The highest BCUT2D eigenvalue weighted by atomic mass is 15.3. The largest absolute Gasteiger partial charge is 0.356 e. The Bertz CT molecular complexity index is 291. The van der Waals surface area contributed by atoms with Gasteiger partial charge in [0.25, 0.3) is 0 Å². The summed E-state index contributed by atoms with van der Waals surface area (Å²) < 4.78 is 1.93. The van der Waals surface area contributed by atoms with E-state index in [1.165, 1.54) is 0 Å². The summed E-state index contributed by atoms with van der Waals surface area (Å²) in [4.78, 5) is 4.13. The Morgan fingerprint density at radius 3 is 2.81 bits per heavy atom. The topological polar surface area (TPSA) is 54.2 Å². The minimum atomic E-state index is 0.877. The maximum Gasteiger partial charge on any atom is 0.190 e. The van der Waals surface area contributed by atoms with E-state index in [0.29, 0.717) is 0 Å². The Hall–Kier alpha value is -1.52. The molecule has 0 aliphatic heterocycles. The summed E-state index contributed by atoms with van der Waals surface area (Å²) in [5, 5.41) is 10.6. The molecule has 0 atom stereocenters. The number of aromatic nitrogens is 2. The number of hydrogen-bond donors (Lipinski definition) is 2. The average Bonchev–Trinajstić information content (AvgIpc) is 2.81. The van der Waals surface area contributed by atoms with Gasteiger partial charge in [0.05, 0.1) is 0 Å². The number of nitrogens with one attached hydrogen (secondary N) is 2. The van der Waals surface area contributed by atoms with E-state index in [1.54, 1.807) is 13.2 Å². The van der Waals surface area contributed by atoms with Gasteiger partial charge in [0.1, 0.15) is 0 Å². The number of nitrogens with zero attached hydrogens (tertiary/aromatic N) is 3. The van der Waals surface area contributed by atoms with Crippen LogP contribution in [0.1, 0.15) is 19.8 Å². The normalized spacial score (nSPS) is 11.5. The fraction of sp³-hybridized carbons (Fsp3) is 0.636. The van der Waals surface area contributed by atoms with Crippen LogP contribution in [0.15, 0.2) is 23.5 Å². The van der Waals surface area contributed by atoms with Crippen molar-refractivity contribution >= 4 is 5.96 Å². The first kappa shape index (κ1) is 12.5. The minimum Gasteiger partial charge on any atom is -0.356 e. The highest BCUT2D eigenvalue weighted by Gasteiger charge is 1.95. The van der Waals surface area contributed by atoms with Crippen LogP contribution in [0.2, 0.25) is 0 Å². The second-order valence-electron chi connectivity index (χ2n) is 3.55. The van der Waals surface area contributed by atoms with Gasteiger partial charge in [-0.1, -0.05) is 6.92 Å². The highest BCUT2D eigenvalue weighted by Crippen LogP contribution is 1.87. The molecule has 0 unspecified atom stereocenters. The van der Waals surface area contributed by atoms with Crippen LogP contribution in [0.4, 0.5) is 0 Å². The summed E-state index contributed by atoms with van der Waals surface area (Å²) in [5.74, 6) is 0.877. The predicted octanol–water partition coefficient (Wildman–Crippen LogP) is 0.848. The monoisotopic (exact) mass is 223 g/mol. The minimum absolute atomic E-state index is 0.877. The lowest BCUT2D eigenvalue weighted by Gasteiger charge is -2.10. The molecule has 0 aromatic carbocycles. The standard InChI is InChI=1S/C11H21N5/c1-3-6-13-11(12-2)14-7-4-9-16-10-5-8-15-16/h5,8,10H,3-4,6-7,9H2,1-2H3,(H2,12,13,14). The van der Waals surface area contributed by atoms with E-state index in [1.807, 2.05) is 16.9 Å². The fourth-order valence-corrected chi connectivity index (χ4v) is 1.34. The summed E-state index contributed by atoms with van der Waals surface area (Å²) >= 11 is 0. The van der Waals surface area contributed by atoms with Crippen molar-refractivity contribution in [2.45, 2.75) is 26.3 Å². The quantitative estimate of drug-likeness (QED) is 0.427. The molecular formula is C11H21N5. The van der Waals surface area contributed by atoms with Gasteiger partial charge in [-0.05, 0) is 18.9 Å². The van der Waals surface area contributed by atoms with Gasteiger partial charge in [-0.25, -0.2) is 0 Å². The van der Waals surface area contributed by atoms with Crippen LogP contribution in [0.25, 0.3) is 0 Å². The Balaban J connectivity index is 2.09. The van der Waals surface area contributed by atoms with Crippen LogP contribution < -0.4 is 10.6 Å². The van der Waals surface area contributed by atoms with Crippen molar-refractivity contribution in [1.29, 1.82) is 0 Å². The first-order valence-corrected chi connectivity index (χ1v) is 5.78. The molecule has 0 amide bonds. The number of hydrogen-bond acceptors (Lipinski definition) is 2. The van der Waals surface area contributed by atoms with Gasteiger partial charge in [0.15, 0.2) is 5.96 Å². The van der Waals surface area contributed by atoms with Crippen LogP contribution in [0.5, 0.6) is 0 Å². The van der Waals surface area contributed by atoms with Crippen LogP contribution in [0, 0.1) is 0 Å². The van der Waals surface area contributed by atoms with Gasteiger partial charge in [-0.2, -0.15) is 5.10 Å². The second-order valence-corrected chi connectivity index (χ2v) is 3.55. The van der Waals surface area contributed by atoms with E-state index in [4.69, 9.17) is 0 Å². The molecule has 5 nitrogen and oxygen atoms in total.